The first-order valence-electron chi connectivity index (χ1n) is 7.85. The summed E-state index contributed by atoms with van der Waals surface area (Å²) in [5.74, 6) is 0.869. The molecule has 1 aliphatic carbocycles. The van der Waals surface area contributed by atoms with Gasteiger partial charge >= 0.3 is 0 Å². The molecule has 0 spiro atoms. The molecular formula is C17H24N2O. The van der Waals surface area contributed by atoms with Gasteiger partial charge in [-0.15, -0.1) is 0 Å². The smallest absolute Gasteiger partial charge is 0.227 e. The Morgan fingerprint density at radius 1 is 1.10 bits per heavy atom. The van der Waals surface area contributed by atoms with Crippen LogP contribution in [0.25, 0.3) is 0 Å². The number of likely N-dealkylation sites (tertiary alicyclic amines) is 1. The fourth-order valence-corrected chi connectivity index (χ4v) is 3.66. The maximum absolute atomic E-state index is 12.6. The molecule has 1 saturated carbocycles. The molecule has 3 atom stereocenters. The van der Waals surface area contributed by atoms with Gasteiger partial charge in [0.2, 0.25) is 5.91 Å². The van der Waals surface area contributed by atoms with Gasteiger partial charge in [-0.2, -0.15) is 0 Å². The quantitative estimate of drug-likeness (QED) is 0.899. The summed E-state index contributed by atoms with van der Waals surface area (Å²) < 4.78 is 0. The van der Waals surface area contributed by atoms with E-state index in [0.717, 1.165) is 38.8 Å². The Kier molecular flexibility index (Phi) is 4.06. The third kappa shape index (κ3) is 2.73. The number of nitrogens with zero attached hydrogens (tertiary/aromatic N) is 1. The van der Waals surface area contributed by atoms with E-state index < -0.39 is 0 Å². The van der Waals surface area contributed by atoms with Crippen molar-refractivity contribution in [2.45, 2.75) is 44.1 Å². The summed E-state index contributed by atoms with van der Waals surface area (Å²) in [5, 5.41) is 0. The van der Waals surface area contributed by atoms with Gasteiger partial charge < -0.3 is 10.6 Å². The highest BCUT2D eigenvalue weighted by Crippen LogP contribution is 2.31. The number of amides is 1. The van der Waals surface area contributed by atoms with Crippen LogP contribution in [-0.2, 0) is 4.79 Å². The van der Waals surface area contributed by atoms with E-state index in [-0.39, 0.29) is 12.0 Å². The van der Waals surface area contributed by atoms with Crippen molar-refractivity contribution in [2.75, 3.05) is 13.1 Å². The van der Waals surface area contributed by atoms with Crippen LogP contribution in [0.1, 0.15) is 43.6 Å². The van der Waals surface area contributed by atoms with Crippen molar-refractivity contribution in [3.05, 3.63) is 35.9 Å². The minimum absolute atomic E-state index is 0.0678. The zero-order chi connectivity index (χ0) is 13.9. The van der Waals surface area contributed by atoms with Gasteiger partial charge in [0, 0.05) is 25.0 Å². The van der Waals surface area contributed by atoms with Crippen LogP contribution in [0.15, 0.2) is 30.3 Å². The van der Waals surface area contributed by atoms with Gasteiger partial charge in [0.1, 0.15) is 0 Å². The van der Waals surface area contributed by atoms with E-state index in [4.69, 9.17) is 5.73 Å². The number of carbonyl (C=O) groups is 1. The molecule has 1 aromatic carbocycles. The topological polar surface area (TPSA) is 46.3 Å². The van der Waals surface area contributed by atoms with Crippen molar-refractivity contribution in [1.82, 2.24) is 4.90 Å². The number of nitrogens with two attached hydrogens (primary N) is 1. The largest absolute Gasteiger partial charge is 0.342 e. The van der Waals surface area contributed by atoms with E-state index in [1.54, 1.807) is 0 Å². The zero-order valence-corrected chi connectivity index (χ0v) is 12.0. The lowest BCUT2D eigenvalue weighted by molar-refractivity contribution is -0.136. The molecule has 1 heterocycles. The Morgan fingerprint density at radius 2 is 1.85 bits per heavy atom. The van der Waals surface area contributed by atoms with Gasteiger partial charge in [-0.3, -0.25) is 4.79 Å². The first kappa shape index (κ1) is 13.6. The average Bonchev–Trinajstić information content (AvgIpc) is 2.98. The predicted molar refractivity (Wildman–Crippen MR) is 80.3 cm³/mol. The molecule has 3 nitrogen and oxygen atoms in total. The highest BCUT2D eigenvalue weighted by Gasteiger charge is 2.35. The molecule has 2 fully saturated rings. The number of hydrogen-bond acceptors (Lipinski definition) is 2. The van der Waals surface area contributed by atoms with Crippen molar-refractivity contribution in [3.8, 4) is 0 Å². The van der Waals surface area contributed by atoms with E-state index in [2.05, 4.69) is 24.3 Å². The summed E-state index contributed by atoms with van der Waals surface area (Å²) in [4.78, 5) is 14.7. The van der Waals surface area contributed by atoms with Crippen molar-refractivity contribution in [1.29, 1.82) is 0 Å². The van der Waals surface area contributed by atoms with Crippen LogP contribution in [0.4, 0.5) is 0 Å². The molecule has 0 bridgehead atoms. The number of rotatable bonds is 2. The van der Waals surface area contributed by atoms with Crippen molar-refractivity contribution in [3.63, 3.8) is 0 Å². The summed E-state index contributed by atoms with van der Waals surface area (Å²) in [7, 11) is 0. The maximum Gasteiger partial charge on any atom is 0.227 e. The second kappa shape index (κ2) is 5.96. The average molecular weight is 272 g/mol. The van der Waals surface area contributed by atoms with Crippen LogP contribution >= 0.6 is 0 Å². The molecule has 1 amide bonds. The second-order valence-corrected chi connectivity index (χ2v) is 6.24. The maximum atomic E-state index is 12.6. The van der Waals surface area contributed by atoms with Crippen molar-refractivity contribution in [2.24, 2.45) is 11.7 Å². The van der Waals surface area contributed by atoms with Crippen LogP contribution in [0.5, 0.6) is 0 Å². The van der Waals surface area contributed by atoms with E-state index in [9.17, 15) is 4.79 Å². The van der Waals surface area contributed by atoms with Crippen molar-refractivity contribution >= 4 is 5.91 Å². The molecule has 108 valence electrons. The highest BCUT2D eigenvalue weighted by molar-refractivity contribution is 5.80. The third-order valence-electron chi connectivity index (χ3n) is 4.91. The van der Waals surface area contributed by atoms with E-state index >= 15 is 0 Å². The Bertz CT molecular complexity index is 459. The number of hydrogen-bond donors (Lipinski definition) is 1. The van der Waals surface area contributed by atoms with E-state index in [1.165, 1.54) is 12.0 Å². The molecule has 2 N–H and O–H groups in total. The first-order valence-corrected chi connectivity index (χ1v) is 7.85. The molecular weight excluding hydrogens is 248 g/mol. The van der Waals surface area contributed by atoms with Gasteiger partial charge in [0.15, 0.2) is 0 Å². The molecule has 3 heteroatoms. The Balaban J connectivity index is 1.63. The monoisotopic (exact) mass is 272 g/mol. The molecule has 1 saturated heterocycles. The summed E-state index contributed by atoms with van der Waals surface area (Å²) >= 11 is 0. The molecule has 1 aliphatic heterocycles. The summed E-state index contributed by atoms with van der Waals surface area (Å²) in [6.07, 6.45) is 5.40. The van der Waals surface area contributed by atoms with Crippen LogP contribution in [0.3, 0.4) is 0 Å². The third-order valence-corrected chi connectivity index (χ3v) is 4.91. The van der Waals surface area contributed by atoms with Gasteiger partial charge in [-0.25, -0.2) is 0 Å². The van der Waals surface area contributed by atoms with Crippen LogP contribution in [0.2, 0.25) is 0 Å². The number of benzene rings is 1. The summed E-state index contributed by atoms with van der Waals surface area (Å²) in [6, 6.07) is 10.6. The lowest BCUT2D eigenvalue weighted by Crippen LogP contribution is -2.44. The normalized spacial score (nSPS) is 30.4. The lowest BCUT2D eigenvalue weighted by atomic mass is 9.84. The Morgan fingerprint density at radius 3 is 2.60 bits per heavy atom. The SMILES string of the molecule is NC1CCCCC1C(=O)N1CCC(c2ccccc2)C1. The molecule has 3 rings (SSSR count). The molecule has 20 heavy (non-hydrogen) atoms. The zero-order valence-electron chi connectivity index (χ0n) is 12.0. The standard InChI is InChI=1S/C17H24N2O/c18-16-9-5-4-8-15(16)17(20)19-11-10-14(12-19)13-6-2-1-3-7-13/h1-3,6-7,14-16H,4-5,8-12,18H2. The predicted octanol–water partition coefficient (Wildman–Crippen LogP) is 2.52. The first-order chi connectivity index (χ1) is 9.75. The Labute approximate surface area is 121 Å². The summed E-state index contributed by atoms with van der Waals surface area (Å²) in [6.45, 7) is 1.76. The molecule has 0 aromatic heterocycles. The minimum atomic E-state index is 0.0678. The molecule has 2 aliphatic rings. The molecule has 1 aromatic rings. The number of carbonyl (C=O) groups excluding carboxylic acids is 1. The lowest BCUT2D eigenvalue weighted by Gasteiger charge is -2.31. The van der Waals surface area contributed by atoms with Gasteiger partial charge in [0.05, 0.1) is 5.92 Å². The highest BCUT2D eigenvalue weighted by atomic mass is 16.2. The van der Waals surface area contributed by atoms with Crippen LogP contribution < -0.4 is 5.73 Å². The van der Waals surface area contributed by atoms with Gasteiger partial charge in [-0.1, -0.05) is 43.2 Å². The van der Waals surface area contributed by atoms with Gasteiger partial charge in [0.25, 0.3) is 0 Å². The Hall–Kier alpha value is -1.35. The fraction of sp³-hybridized carbons (Fsp3) is 0.588. The van der Waals surface area contributed by atoms with Gasteiger partial charge in [-0.05, 0) is 24.8 Å². The minimum Gasteiger partial charge on any atom is -0.342 e. The van der Waals surface area contributed by atoms with Crippen LogP contribution in [0, 0.1) is 5.92 Å². The van der Waals surface area contributed by atoms with E-state index in [1.807, 2.05) is 11.0 Å². The summed E-state index contributed by atoms with van der Waals surface area (Å²) in [5.41, 5.74) is 7.50. The van der Waals surface area contributed by atoms with Crippen molar-refractivity contribution < 1.29 is 4.79 Å². The second-order valence-electron chi connectivity index (χ2n) is 6.24. The fourth-order valence-electron chi connectivity index (χ4n) is 3.66. The van der Waals surface area contributed by atoms with E-state index in [0.29, 0.717) is 11.8 Å². The molecule has 0 radical (unpaired) electrons. The van der Waals surface area contributed by atoms with Crippen LogP contribution in [-0.4, -0.2) is 29.9 Å². The molecule has 3 unspecified atom stereocenters.